The molecular formula is C23H18N4O2S. The molecule has 0 fully saturated rings. The average Bonchev–Trinajstić information content (AvgIpc) is 3.29. The van der Waals surface area contributed by atoms with Gasteiger partial charge >= 0.3 is 5.97 Å². The lowest BCUT2D eigenvalue weighted by molar-refractivity contribution is 0.0698. The molecule has 3 heterocycles. The minimum Gasteiger partial charge on any atom is -0.478 e. The SMILES string of the molecule is Cc1ccc(Sc2cccc3c(-c4cc5nccc(C(=O)O)c5[nH]4)n(C)nc23)cc1. The van der Waals surface area contributed by atoms with Gasteiger partial charge in [-0.3, -0.25) is 9.67 Å². The Morgan fingerprint density at radius 1 is 1.13 bits per heavy atom. The van der Waals surface area contributed by atoms with E-state index in [1.165, 1.54) is 17.8 Å². The molecule has 0 aliphatic rings. The summed E-state index contributed by atoms with van der Waals surface area (Å²) in [5, 5.41) is 15.2. The molecule has 0 saturated carbocycles. The molecule has 5 rings (SSSR count). The molecule has 2 aromatic carbocycles. The highest BCUT2D eigenvalue weighted by atomic mass is 32.2. The maximum atomic E-state index is 11.6. The molecule has 0 aliphatic heterocycles. The van der Waals surface area contributed by atoms with Crippen LogP contribution in [0.1, 0.15) is 15.9 Å². The second kappa shape index (κ2) is 7.03. The lowest BCUT2D eigenvalue weighted by atomic mass is 10.1. The van der Waals surface area contributed by atoms with Gasteiger partial charge in [-0.05, 0) is 37.3 Å². The van der Waals surface area contributed by atoms with Crippen molar-refractivity contribution in [1.29, 1.82) is 0 Å². The number of aromatic carboxylic acids is 1. The maximum Gasteiger partial charge on any atom is 0.337 e. The van der Waals surface area contributed by atoms with Crippen LogP contribution in [0.15, 0.2) is 70.6 Å². The van der Waals surface area contributed by atoms with Crippen LogP contribution in [-0.2, 0) is 7.05 Å². The van der Waals surface area contributed by atoms with E-state index in [0.717, 1.165) is 32.1 Å². The number of aromatic amines is 1. The van der Waals surface area contributed by atoms with Crippen molar-refractivity contribution in [2.75, 3.05) is 0 Å². The van der Waals surface area contributed by atoms with Gasteiger partial charge in [0.15, 0.2) is 0 Å². The fourth-order valence-electron chi connectivity index (χ4n) is 3.66. The predicted molar refractivity (Wildman–Crippen MR) is 118 cm³/mol. The maximum absolute atomic E-state index is 11.6. The number of H-pyrrole nitrogens is 1. The summed E-state index contributed by atoms with van der Waals surface area (Å²) in [5.74, 6) is -0.984. The third kappa shape index (κ3) is 3.04. The zero-order valence-corrected chi connectivity index (χ0v) is 17.2. The molecule has 0 aliphatic carbocycles. The second-order valence-electron chi connectivity index (χ2n) is 7.15. The van der Waals surface area contributed by atoms with E-state index in [1.54, 1.807) is 11.8 Å². The van der Waals surface area contributed by atoms with Gasteiger partial charge in [0.05, 0.1) is 28.0 Å². The van der Waals surface area contributed by atoms with Gasteiger partial charge in [0.25, 0.3) is 0 Å². The molecule has 2 N–H and O–H groups in total. The predicted octanol–water partition coefficient (Wildman–Crippen LogP) is 5.27. The first-order chi connectivity index (χ1) is 14.5. The summed E-state index contributed by atoms with van der Waals surface area (Å²) in [4.78, 5) is 21.3. The van der Waals surface area contributed by atoms with Gasteiger partial charge < -0.3 is 10.1 Å². The van der Waals surface area contributed by atoms with Crippen molar-refractivity contribution < 1.29 is 9.90 Å². The molecule has 0 saturated heterocycles. The average molecular weight is 414 g/mol. The number of carboxylic acids is 1. The first-order valence-corrected chi connectivity index (χ1v) is 10.2. The van der Waals surface area contributed by atoms with Crippen molar-refractivity contribution in [3.05, 3.63) is 71.9 Å². The number of benzene rings is 2. The summed E-state index contributed by atoms with van der Waals surface area (Å²) in [6.07, 6.45) is 1.51. The van der Waals surface area contributed by atoms with Gasteiger partial charge in [-0.1, -0.05) is 41.6 Å². The van der Waals surface area contributed by atoms with E-state index in [9.17, 15) is 9.90 Å². The number of aryl methyl sites for hydroxylation is 2. The zero-order chi connectivity index (χ0) is 20.8. The summed E-state index contributed by atoms with van der Waals surface area (Å²) >= 11 is 1.68. The van der Waals surface area contributed by atoms with Crippen LogP contribution in [0.3, 0.4) is 0 Å². The van der Waals surface area contributed by atoms with E-state index in [0.29, 0.717) is 11.0 Å². The van der Waals surface area contributed by atoms with Crippen molar-refractivity contribution in [2.45, 2.75) is 16.7 Å². The first-order valence-electron chi connectivity index (χ1n) is 9.43. The Bertz CT molecular complexity index is 1420. The summed E-state index contributed by atoms with van der Waals surface area (Å²) in [5.41, 5.74) is 5.15. The number of rotatable bonds is 4. The van der Waals surface area contributed by atoms with E-state index < -0.39 is 5.97 Å². The number of hydrogen-bond acceptors (Lipinski definition) is 4. The monoisotopic (exact) mass is 414 g/mol. The summed E-state index contributed by atoms with van der Waals surface area (Å²) < 4.78 is 1.83. The van der Waals surface area contributed by atoms with Gasteiger partial charge in [-0.2, -0.15) is 5.10 Å². The third-order valence-corrected chi connectivity index (χ3v) is 6.14. The number of nitrogens with zero attached hydrogens (tertiary/aromatic N) is 3. The van der Waals surface area contributed by atoms with Crippen molar-refractivity contribution in [3.63, 3.8) is 0 Å². The van der Waals surface area contributed by atoms with Crippen molar-refractivity contribution in [2.24, 2.45) is 7.05 Å². The van der Waals surface area contributed by atoms with Crippen LogP contribution in [-0.4, -0.2) is 30.8 Å². The Kier molecular flexibility index (Phi) is 4.33. The van der Waals surface area contributed by atoms with Crippen molar-refractivity contribution in [1.82, 2.24) is 19.7 Å². The summed E-state index contributed by atoms with van der Waals surface area (Å²) in [6.45, 7) is 2.07. The lowest BCUT2D eigenvalue weighted by Gasteiger charge is -2.03. The van der Waals surface area contributed by atoms with E-state index in [1.807, 2.05) is 29.9 Å². The number of fused-ring (bicyclic) bond motifs is 2. The van der Waals surface area contributed by atoms with Crippen LogP contribution in [0, 0.1) is 6.92 Å². The molecule has 0 unspecified atom stereocenters. The normalized spacial score (nSPS) is 11.4. The third-order valence-electron chi connectivity index (χ3n) is 5.08. The van der Waals surface area contributed by atoms with Crippen molar-refractivity contribution >= 4 is 39.7 Å². The van der Waals surface area contributed by atoms with Crippen LogP contribution >= 0.6 is 11.8 Å². The van der Waals surface area contributed by atoms with Crippen LogP contribution < -0.4 is 0 Å². The van der Waals surface area contributed by atoms with Crippen LogP contribution in [0.25, 0.3) is 33.3 Å². The summed E-state index contributed by atoms with van der Waals surface area (Å²) in [6, 6.07) is 17.9. The lowest BCUT2D eigenvalue weighted by Crippen LogP contribution is -1.98. The number of hydrogen-bond donors (Lipinski definition) is 2. The fraction of sp³-hybridized carbons (Fsp3) is 0.0870. The number of nitrogens with one attached hydrogen (secondary N) is 1. The number of carbonyl (C=O) groups is 1. The van der Waals surface area contributed by atoms with Crippen LogP contribution in [0.5, 0.6) is 0 Å². The minimum absolute atomic E-state index is 0.202. The zero-order valence-electron chi connectivity index (χ0n) is 16.4. The Hall–Kier alpha value is -3.58. The highest BCUT2D eigenvalue weighted by molar-refractivity contribution is 7.99. The largest absolute Gasteiger partial charge is 0.478 e. The molecule has 0 radical (unpaired) electrons. The van der Waals surface area contributed by atoms with Gasteiger partial charge in [0.2, 0.25) is 0 Å². The second-order valence-corrected chi connectivity index (χ2v) is 8.26. The minimum atomic E-state index is -0.984. The molecule has 148 valence electrons. The van der Waals surface area contributed by atoms with Gasteiger partial charge in [-0.25, -0.2) is 4.79 Å². The molecule has 0 amide bonds. The molecule has 0 spiro atoms. The fourth-order valence-corrected chi connectivity index (χ4v) is 4.58. The van der Waals surface area contributed by atoms with E-state index >= 15 is 0 Å². The molecule has 3 aromatic heterocycles. The Morgan fingerprint density at radius 2 is 1.93 bits per heavy atom. The van der Waals surface area contributed by atoms with Crippen molar-refractivity contribution in [3.8, 4) is 11.4 Å². The molecule has 0 bridgehead atoms. The van der Waals surface area contributed by atoms with E-state index in [4.69, 9.17) is 5.10 Å². The van der Waals surface area contributed by atoms with Gasteiger partial charge in [0.1, 0.15) is 5.52 Å². The Labute approximate surface area is 176 Å². The molecule has 6 nitrogen and oxygen atoms in total. The molecule has 30 heavy (non-hydrogen) atoms. The standard InChI is InChI=1S/C23H18N4O2S/c1-13-6-8-14(9-7-13)30-19-5-3-4-15-21(19)26-27(2)22(15)18-12-17-20(25-18)16(23(28)29)10-11-24-17/h3-12,25H,1-2H3,(H,28,29). The van der Waals surface area contributed by atoms with Gasteiger partial charge in [-0.15, -0.1) is 0 Å². The molecule has 5 aromatic rings. The highest BCUT2D eigenvalue weighted by Gasteiger charge is 2.18. The molecule has 0 atom stereocenters. The van der Waals surface area contributed by atoms with Crippen LogP contribution in [0.2, 0.25) is 0 Å². The summed E-state index contributed by atoms with van der Waals surface area (Å²) in [7, 11) is 1.90. The molecule has 7 heteroatoms. The topological polar surface area (TPSA) is 83.8 Å². The Morgan fingerprint density at radius 3 is 2.70 bits per heavy atom. The Balaban J connectivity index is 1.65. The van der Waals surface area contributed by atoms with Crippen LogP contribution in [0.4, 0.5) is 0 Å². The first kappa shape index (κ1) is 18.4. The highest BCUT2D eigenvalue weighted by Crippen LogP contribution is 2.37. The van der Waals surface area contributed by atoms with E-state index in [-0.39, 0.29) is 5.56 Å². The smallest absolute Gasteiger partial charge is 0.337 e. The van der Waals surface area contributed by atoms with E-state index in [2.05, 4.69) is 47.2 Å². The number of aromatic nitrogens is 4. The molecular weight excluding hydrogens is 396 g/mol. The number of pyridine rings is 1. The quantitative estimate of drug-likeness (QED) is 0.418. The van der Waals surface area contributed by atoms with Gasteiger partial charge in [0, 0.05) is 28.4 Å². The number of carboxylic acid groups (broad SMARTS) is 1.